The lowest BCUT2D eigenvalue weighted by atomic mass is 9.72. The third-order valence-electron chi connectivity index (χ3n) is 13.0. The van der Waals surface area contributed by atoms with Crippen molar-refractivity contribution in [2.75, 3.05) is 62.7 Å². The van der Waals surface area contributed by atoms with E-state index in [1.807, 2.05) is 24.3 Å². The predicted molar refractivity (Wildman–Crippen MR) is 254 cm³/mol. The number of carbonyl (C=O) groups is 1. The molecule has 0 bridgehead atoms. The molecule has 1 amide bonds. The van der Waals surface area contributed by atoms with E-state index in [1.54, 1.807) is 35.2 Å². The second kappa shape index (κ2) is 18.1. The molecule has 0 atom stereocenters. The number of benzene rings is 3. The number of nitro groups is 1. The normalized spacial score (nSPS) is 17.4. The number of hydrogen-bond donors (Lipinski definition) is 3. The van der Waals surface area contributed by atoms with Gasteiger partial charge in [0, 0.05) is 93.1 Å². The van der Waals surface area contributed by atoms with Crippen molar-refractivity contribution in [2.45, 2.75) is 50.8 Å². The first-order valence-electron chi connectivity index (χ1n) is 22.0. The number of aromatic nitrogens is 3. The zero-order valence-corrected chi connectivity index (χ0v) is 37.9. The highest BCUT2D eigenvalue weighted by Crippen LogP contribution is 2.43. The van der Waals surface area contributed by atoms with Gasteiger partial charge in [0.1, 0.15) is 16.9 Å². The van der Waals surface area contributed by atoms with E-state index in [4.69, 9.17) is 16.3 Å². The summed E-state index contributed by atoms with van der Waals surface area (Å²) in [6, 6.07) is 21.9. The van der Waals surface area contributed by atoms with Crippen molar-refractivity contribution in [3.63, 3.8) is 0 Å². The molecule has 3 aromatic heterocycles. The minimum Gasteiger partial charge on any atom is -0.381 e. The Morgan fingerprint density at radius 2 is 1.77 bits per heavy atom. The molecule has 6 aromatic rings. The number of rotatable bonds is 12. The molecule has 0 spiro atoms. The van der Waals surface area contributed by atoms with Crippen LogP contribution in [-0.2, 0) is 14.8 Å². The monoisotopic (exact) mass is 918 g/mol. The molecule has 5 heterocycles. The maximum absolute atomic E-state index is 14.3. The van der Waals surface area contributed by atoms with E-state index >= 15 is 0 Å². The second-order valence-electron chi connectivity index (χ2n) is 18.0. The Kier molecular flexibility index (Phi) is 12.3. The number of sulfonamides is 1. The van der Waals surface area contributed by atoms with Crippen LogP contribution < -0.4 is 20.4 Å². The van der Waals surface area contributed by atoms with Crippen molar-refractivity contribution in [2.24, 2.45) is 11.3 Å². The number of allylic oxidation sites excluding steroid dienone is 1. The van der Waals surface area contributed by atoms with Gasteiger partial charge in [0.2, 0.25) is 5.43 Å². The highest BCUT2D eigenvalue weighted by Gasteiger charge is 2.31. The molecule has 3 aliphatic rings. The molecule has 17 heteroatoms. The van der Waals surface area contributed by atoms with Gasteiger partial charge in [0.25, 0.3) is 21.6 Å². The van der Waals surface area contributed by atoms with Crippen LogP contribution in [0.4, 0.5) is 17.1 Å². The molecule has 3 aromatic carbocycles. The number of pyridine rings is 2. The molecule has 0 radical (unpaired) electrons. The Hall–Kier alpha value is -6.07. The third kappa shape index (κ3) is 9.53. The van der Waals surface area contributed by atoms with Crippen LogP contribution in [0, 0.1) is 21.4 Å². The quantitative estimate of drug-likeness (QED) is 0.0795. The number of fused-ring (bicyclic) bond motifs is 2. The number of nitrogens with one attached hydrogen (secondary N) is 3. The van der Waals surface area contributed by atoms with E-state index in [-0.39, 0.29) is 33.5 Å². The summed E-state index contributed by atoms with van der Waals surface area (Å²) in [6.45, 7) is 10.2. The van der Waals surface area contributed by atoms with E-state index in [9.17, 15) is 28.1 Å². The van der Waals surface area contributed by atoms with Crippen LogP contribution in [0.2, 0.25) is 5.02 Å². The van der Waals surface area contributed by atoms with Gasteiger partial charge in [0.15, 0.2) is 0 Å². The SMILES string of the molecule is CC1(C)CCC(CN2CCN(c3ccc(C(=O)NS(=O)(=O)c4ccc(NCC5CCOCC5)c([N+](=O)[O-])c4)c(-n4ccc(=O)c5nc6[nH]ccc6cc54)c3)CC2)=C(c2ccc(Cl)cc2)C1. The zero-order chi connectivity index (χ0) is 45.5. The molecule has 65 heavy (non-hydrogen) atoms. The van der Waals surface area contributed by atoms with E-state index in [1.165, 1.54) is 34.9 Å². The third-order valence-corrected chi connectivity index (χ3v) is 14.6. The Labute approximate surface area is 381 Å². The lowest BCUT2D eigenvalue weighted by Gasteiger charge is -2.39. The maximum atomic E-state index is 14.3. The number of carbonyl (C=O) groups excluding carboxylic acids is 1. The van der Waals surface area contributed by atoms with Gasteiger partial charge < -0.3 is 24.5 Å². The van der Waals surface area contributed by atoms with Gasteiger partial charge in [-0.1, -0.05) is 43.2 Å². The topological polar surface area (TPSA) is 185 Å². The average molecular weight is 920 g/mol. The van der Waals surface area contributed by atoms with Crippen molar-refractivity contribution in [3.05, 3.63) is 133 Å². The number of amides is 1. The van der Waals surface area contributed by atoms with Crippen LogP contribution in [0.1, 0.15) is 61.9 Å². The van der Waals surface area contributed by atoms with E-state index in [0.29, 0.717) is 49.7 Å². The summed E-state index contributed by atoms with van der Waals surface area (Å²) in [7, 11) is -4.61. The lowest BCUT2D eigenvalue weighted by molar-refractivity contribution is -0.384. The second-order valence-corrected chi connectivity index (χ2v) is 20.1. The van der Waals surface area contributed by atoms with Gasteiger partial charge in [-0.25, -0.2) is 18.1 Å². The Morgan fingerprint density at radius 3 is 2.52 bits per heavy atom. The standard InChI is InChI=1S/C48H51ClN8O7S/c1-48(2)16-11-34(39(28-48)32-3-5-35(49)6-4-32)30-54-19-21-55(22-20-54)36-7-9-38(41(26-36)56-18-13-44(58)45-43(56)25-33-12-17-50-46(33)52-45)47(59)53-65(62,63)37-8-10-40(42(27-37)57(60)61)51-29-31-14-23-64-24-15-31/h3-10,12-13,17-18,25-27,31,51H,11,14-16,19-24,28-30H2,1-2H3,(H,50,52)(H,53,59). The number of anilines is 2. The zero-order valence-electron chi connectivity index (χ0n) is 36.3. The predicted octanol–water partition coefficient (Wildman–Crippen LogP) is 8.17. The summed E-state index contributed by atoms with van der Waals surface area (Å²) in [5.74, 6) is -0.698. The minimum atomic E-state index is -4.61. The number of nitrogens with zero attached hydrogens (tertiary/aromatic N) is 5. The van der Waals surface area contributed by atoms with Crippen molar-refractivity contribution < 1.29 is 22.9 Å². The molecule has 9 rings (SSSR count). The summed E-state index contributed by atoms with van der Waals surface area (Å²) in [4.78, 5) is 51.0. The molecule has 338 valence electrons. The first-order valence-corrected chi connectivity index (χ1v) is 23.8. The van der Waals surface area contributed by atoms with Gasteiger partial charge in [-0.15, -0.1) is 0 Å². The summed E-state index contributed by atoms with van der Waals surface area (Å²) >= 11 is 6.26. The smallest absolute Gasteiger partial charge is 0.293 e. The van der Waals surface area contributed by atoms with Gasteiger partial charge >= 0.3 is 0 Å². The molecule has 3 N–H and O–H groups in total. The number of H-pyrrole nitrogens is 1. The molecular weight excluding hydrogens is 868 g/mol. The van der Waals surface area contributed by atoms with E-state index < -0.39 is 31.4 Å². The number of halogens is 1. The number of hydrogen-bond acceptors (Lipinski definition) is 11. The number of aromatic amines is 1. The van der Waals surface area contributed by atoms with Crippen LogP contribution in [-0.4, -0.2) is 91.2 Å². The van der Waals surface area contributed by atoms with Crippen LogP contribution in [0.5, 0.6) is 0 Å². The molecule has 2 aliphatic heterocycles. The number of ether oxygens (including phenoxy) is 1. The van der Waals surface area contributed by atoms with Crippen LogP contribution >= 0.6 is 11.6 Å². The van der Waals surface area contributed by atoms with Crippen LogP contribution in [0.25, 0.3) is 33.3 Å². The Morgan fingerprint density at radius 1 is 1.00 bits per heavy atom. The van der Waals surface area contributed by atoms with Crippen molar-refractivity contribution >= 4 is 72.2 Å². The molecule has 1 aliphatic carbocycles. The van der Waals surface area contributed by atoms with Crippen molar-refractivity contribution in [3.8, 4) is 5.69 Å². The van der Waals surface area contributed by atoms with E-state index in [0.717, 1.165) is 73.9 Å². The van der Waals surface area contributed by atoms with Crippen LogP contribution in [0.15, 0.2) is 107 Å². The minimum absolute atomic E-state index is 0.00112. The Balaban J connectivity index is 1.00. The van der Waals surface area contributed by atoms with E-state index in [2.05, 4.69) is 55.8 Å². The highest BCUT2D eigenvalue weighted by molar-refractivity contribution is 7.90. The van der Waals surface area contributed by atoms with Gasteiger partial charge in [-0.2, -0.15) is 0 Å². The van der Waals surface area contributed by atoms with Crippen molar-refractivity contribution in [1.29, 1.82) is 0 Å². The number of piperazine rings is 1. The van der Waals surface area contributed by atoms with Crippen molar-refractivity contribution in [1.82, 2.24) is 24.2 Å². The van der Waals surface area contributed by atoms with Crippen LogP contribution in [0.3, 0.4) is 0 Å². The summed E-state index contributed by atoms with van der Waals surface area (Å²) in [5, 5.41) is 16.7. The fraction of sp³-hybridized carbons (Fsp3) is 0.354. The summed E-state index contributed by atoms with van der Waals surface area (Å²) in [6.07, 6.45) is 8.05. The molecule has 15 nitrogen and oxygen atoms in total. The fourth-order valence-electron chi connectivity index (χ4n) is 9.27. The first-order chi connectivity index (χ1) is 31.2. The fourth-order valence-corrected chi connectivity index (χ4v) is 10.4. The maximum Gasteiger partial charge on any atom is 0.293 e. The molecule has 0 saturated carbocycles. The van der Waals surface area contributed by atoms with Gasteiger partial charge in [0.05, 0.1) is 26.6 Å². The molecule has 2 fully saturated rings. The average Bonchev–Trinajstić information content (AvgIpc) is 3.77. The summed E-state index contributed by atoms with van der Waals surface area (Å²) in [5.41, 5.74) is 5.94. The Bertz CT molecular complexity index is 3010. The summed E-state index contributed by atoms with van der Waals surface area (Å²) < 4.78 is 37.0. The lowest BCUT2D eigenvalue weighted by Crippen LogP contribution is -2.47. The molecular formula is C48H51ClN8O7S. The largest absolute Gasteiger partial charge is 0.381 e. The molecule has 2 saturated heterocycles. The van der Waals surface area contributed by atoms with Gasteiger partial charge in [-0.3, -0.25) is 24.6 Å². The number of nitro benzene ring substituents is 1. The first kappa shape index (κ1) is 44.1. The van der Waals surface area contributed by atoms with Gasteiger partial charge in [-0.05, 0) is 109 Å². The molecule has 0 unspecified atom stereocenters. The highest BCUT2D eigenvalue weighted by atomic mass is 35.5.